The van der Waals surface area contributed by atoms with Gasteiger partial charge in [-0.2, -0.15) is 0 Å². The number of nitrogens with zero attached hydrogens (tertiary/aromatic N) is 1. The minimum absolute atomic E-state index is 0.755. The topological polar surface area (TPSA) is 3.24 Å². The summed E-state index contributed by atoms with van der Waals surface area (Å²) in [6.45, 7) is 13.4. The van der Waals surface area contributed by atoms with Crippen LogP contribution in [0.3, 0.4) is 0 Å². The summed E-state index contributed by atoms with van der Waals surface area (Å²) in [5.74, 6) is 0.755. The van der Waals surface area contributed by atoms with Crippen molar-refractivity contribution in [1.82, 2.24) is 4.90 Å². The van der Waals surface area contributed by atoms with Crippen LogP contribution in [0.5, 0.6) is 0 Å². The Kier molecular flexibility index (Phi) is 6.38. The van der Waals surface area contributed by atoms with Gasteiger partial charge in [0.2, 0.25) is 0 Å². The summed E-state index contributed by atoms with van der Waals surface area (Å²) < 4.78 is 0. The zero-order valence-corrected chi connectivity index (χ0v) is 9.34. The molecule has 0 radical (unpaired) electrons. The maximum Gasteiger partial charge on any atom is 0.0197 e. The van der Waals surface area contributed by atoms with Crippen molar-refractivity contribution in [2.75, 3.05) is 13.6 Å². The fraction of sp³-hybridized carbons (Fsp3) is 0.667. The van der Waals surface area contributed by atoms with E-state index in [1.165, 1.54) is 12.1 Å². The van der Waals surface area contributed by atoms with Crippen molar-refractivity contribution < 1.29 is 0 Å². The molecule has 0 bridgehead atoms. The summed E-state index contributed by atoms with van der Waals surface area (Å²) >= 11 is 0. The summed E-state index contributed by atoms with van der Waals surface area (Å²) in [6, 6.07) is 0. The molecule has 0 aromatic rings. The van der Waals surface area contributed by atoms with Gasteiger partial charge in [0.15, 0.2) is 0 Å². The first-order valence-electron chi connectivity index (χ1n) is 5.11. The lowest BCUT2D eigenvalue weighted by molar-refractivity contribution is 0.333. The van der Waals surface area contributed by atoms with Gasteiger partial charge in [0.1, 0.15) is 0 Å². The third kappa shape index (κ3) is 5.51. The first-order chi connectivity index (χ1) is 6.11. The van der Waals surface area contributed by atoms with Gasteiger partial charge in [-0.3, -0.25) is 0 Å². The highest BCUT2D eigenvalue weighted by atomic mass is 15.1. The second-order valence-electron chi connectivity index (χ2n) is 3.79. The molecule has 0 spiro atoms. The zero-order valence-electron chi connectivity index (χ0n) is 9.34. The molecule has 1 heteroatoms. The Bertz CT molecular complexity index is 161. The maximum absolute atomic E-state index is 4.06. The van der Waals surface area contributed by atoms with Crippen molar-refractivity contribution in [1.29, 1.82) is 0 Å². The zero-order chi connectivity index (χ0) is 10.3. The first kappa shape index (κ1) is 12.3. The minimum atomic E-state index is 0.755. The van der Waals surface area contributed by atoms with Gasteiger partial charge in [0.25, 0.3) is 0 Å². The lowest BCUT2D eigenvalue weighted by atomic mass is 10.1. The second kappa shape index (κ2) is 6.76. The molecule has 0 aromatic heterocycles. The van der Waals surface area contributed by atoms with Crippen LogP contribution < -0.4 is 0 Å². The Morgan fingerprint density at radius 1 is 1.54 bits per heavy atom. The van der Waals surface area contributed by atoms with Crippen LogP contribution in [-0.2, 0) is 0 Å². The Labute approximate surface area is 83.1 Å². The van der Waals surface area contributed by atoms with Crippen LogP contribution in [0.4, 0.5) is 0 Å². The van der Waals surface area contributed by atoms with E-state index < -0.39 is 0 Å². The Balaban J connectivity index is 3.74. The van der Waals surface area contributed by atoms with E-state index in [9.17, 15) is 0 Å². The lowest BCUT2D eigenvalue weighted by Crippen LogP contribution is -2.23. The van der Waals surface area contributed by atoms with E-state index >= 15 is 0 Å². The third-order valence-corrected chi connectivity index (χ3v) is 2.46. The van der Waals surface area contributed by atoms with E-state index in [-0.39, 0.29) is 0 Å². The smallest absolute Gasteiger partial charge is 0.0197 e. The molecule has 0 heterocycles. The quantitative estimate of drug-likeness (QED) is 0.544. The number of hydrogen-bond donors (Lipinski definition) is 0. The van der Waals surface area contributed by atoms with E-state index in [0.717, 1.165) is 25.3 Å². The molecule has 1 unspecified atom stereocenters. The summed E-state index contributed by atoms with van der Waals surface area (Å²) in [6.07, 6.45) is 5.25. The second-order valence-corrected chi connectivity index (χ2v) is 3.79. The van der Waals surface area contributed by atoms with Crippen molar-refractivity contribution in [2.45, 2.75) is 33.1 Å². The van der Waals surface area contributed by atoms with E-state index in [4.69, 9.17) is 0 Å². The number of hydrogen-bond acceptors (Lipinski definition) is 1. The monoisotopic (exact) mass is 181 g/mol. The molecular weight excluding hydrogens is 158 g/mol. The highest BCUT2D eigenvalue weighted by molar-refractivity contribution is 4.94. The minimum Gasteiger partial charge on any atom is -0.378 e. The summed E-state index contributed by atoms with van der Waals surface area (Å²) in [4.78, 5) is 2.26. The van der Waals surface area contributed by atoms with Gasteiger partial charge in [0, 0.05) is 19.3 Å². The Morgan fingerprint density at radius 3 is 2.62 bits per heavy atom. The molecule has 0 aliphatic carbocycles. The normalized spacial score (nSPS) is 12.2. The Morgan fingerprint density at radius 2 is 2.15 bits per heavy atom. The number of rotatable bonds is 7. The van der Waals surface area contributed by atoms with E-state index in [1.807, 2.05) is 6.08 Å². The van der Waals surface area contributed by atoms with Crippen molar-refractivity contribution in [3.8, 4) is 0 Å². The van der Waals surface area contributed by atoms with Crippen molar-refractivity contribution in [2.24, 2.45) is 5.92 Å². The van der Waals surface area contributed by atoms with Crippen molar-refractivity contribution in [3.63, 3.8) is 0 Å². The van der Waals surface area contributed by atoms with Gasteiger partial charge in [-0.05, 0) is 18.8 Å². The average molecular weight is 181 g/mol. The molecule has 0 aliphatic heterocycles. The molecule has 0 aromatic carbocycles. The molecule has 0 aliphatic rings. The molecule has 13 heavy (non-hydrogen) atoms. The van der Waals surface area contributed by atoms with Crippen LogP contribution in [0.15, 0.2) is 24.9 Å². The fourth-order valence-corrected chi connectivity index (χ4v) is 1.19. The lowest BCUT2D eigenvalue weighted by Gasteiger charge is -2.24. The summed E-state index contributed by atoms with van der Waals surface area (Å²) in [5.41, 5.74) is 1.22. The molecular formula is C12H23N. The van der Waals surface area contributed by atoms with Crippen LogP contribution in [-0.4, -0.2) is 18.5 Å². The van der Waals surface area contributed by atoms with Crippen molar-refractivity contribution >= 4 is 0 Å². The summed E-state index contributed by atoms with van der Waals surface area (Å²) in [5, 5.41) is 0. The van der Waals surface area contributed by atoms with Gasteiger partial charge >= 0.3 is 0 Å². The van der Waals surface area contributed by atoms with E-state index in [0.29, 0.717) is 0 Å². The highest BCUT2D eigenvalue weighted by Crippen LogP contribution is 2.11. The predicted octanol–water partition coefficient (Wildman–Crippen LogP) is 3.44. The molecule has 0 amide bonds. The van der Waals surface area contributed by atoms with Crippen LogP contribution in [0.2, 0.25) is 0 Å². The van der Waals surface area contributed by atoms with Gasteiger partial charge < -0.3 is 4.90 Å². The van der Waals surface area contributed by atoms with Gasteiger partial charge in [-0.25, -0.2) is 0 Å². The van der Waals surface area contributed by atoms with Crippen molar-refractivity contribution in [3.05, 3.63) is 24.9 Å². The Hall–Kier alpha value is -0.720. The number of allylic oxidation sites excluding steroid dienone is 2. The van der Waals surface area contributed by atoms with Crippen LogP contribution in [0, 0.1) is 5.92 Å². The highest BCUT2D eigenvalue weighted by Gasteiger charge is 2.05. The average Bonchev–Trinajstić information content (AvgIpc) is 2.13. The molecule has 0 rings (SSSR count). The third-order valence-electron chi connectivity index (χ3n) is 2.46. The van der Waals surface area contributed by atoms with E-state index in [1.54, 1.807) is 0 Å². The van der Waals surface area contributed by atoms with Crippen LogP contribution >= 0.6 is 0 Å². The maximum atomic E-state index is 4.06. The van der Waals surface area contributed by atoms with Gasteiger partial charge in [-0.15, -0.1) is 6.58 Å². The molecule has 0 saturated heterocycles. The SMILES string of the molecule is C=CCCC(=C)N(C)CC(C)CC. The largest absolute Gasteiger partial charge is 0.378 e. The molecule has 0 N–H and O–H groups in total. The molecule has 76 valence electrons. The predicted molar refractivity (Wildman–Crippen MR) is 60.7 cm³/mol. The molecule has 1 nitrogen and oxygen atoms in total. The van der Waals surface area contributed by atoms with Crippen LogP contribution in [0.25, 0.3) is 0 Å². The van der Waals surface area contributed by atoms with Gasteiger partial charge in [-0.1, -0.05) is 32.9 Å². The van der Waals surface area contributed by atoms with E-state index in [2.05, 4.69) is 39.0 Å². The van der Waals surface area contributed by atoms with Gasteiger partial charge in [0.05, 0.1) is 0 Å². The standard InChI is InChI=1S/C12H23N/c1-6-8-9-12(4)13(5)10-11(3)7-2/h6,11H,1,4,7-10H2,2-3,5H3. The summed E-state index contributed by atoms with van der Waals surface area (Å²) in [7, 11) is 2.12. The molecule has 0 saturated carbocycles. The fourth-order valence-electron chi connectivity index (χ4n) is 1.19. The molecule has 0 fully saturated rings. The molecule has 1 atom stereocenters. The first-order valence-corrected chi connectivity index (χ1v) is 5.11. The van der Waals surface area contributed by atoms with Crippen LogP contribution in [0.1, 0.15) is 33.1 Å².